The number of esters is 1. The molecule has 3 heteroatoms. The molecule has 0 saturated carbocycles. The molecule has 0 amide bonds. The molecule has 0 fully saturated rings. The Hall–Kier alpha value is -0.500. The summed E-state index contributed by atoms with van der Waals surface area (Å²) in [4.78, 5) is 11.4. The van der Waals surface area contributed by atoms with Gasteiger partial charge in [-0.15, -0.1) is 11.6 Å². The minimum atomic E-state index is -0.276. The van der Waals surface area contributed by atoms with Crippen molar-refractivity contribution in [2.24, 2.45) is 5.92 Å². The predicted molar refractivity (Wildman–Crippen MR) is 59.5 cm³/mol. The minimum Gasteiger partial charge on any atom is -0.462 e. The van der Waals surface area contributed by atoms with Crippen molar-refractivity contribution in [1.82, 2.24) is 0 Å². The van der Waals surface area contributed by atoms with E-state index in [1.165, 1.54) is 0 Å². The fraction of sp³-hybridized carbons (Fsp3) is 0.727. The van der Waals surface area contributed by atoms with Crippen LogP contribution in [-0.4, -0.2) is 18.5 Å². The van der Waals surface area contributed by atoms with E-state index in [1.807, 2.05) is 19.9 Å². The van der Waals surface area contributed by atoms with Crippen LogP contribution in [0.3, 0.4) is 0 Å². The molecule has 0 spiro atoms. The molecule has 0 aromatic heterocycles. The zero-order valence-corrected chi connectivity index (χ0v) is 9.93. The van der Waals surface area contributed by atoms with E-state index in [0.29, 0.717) is 18.1 Å². The normalized spacial score (nSPS) is 11.9. The minimum absolute atomic E-state index is 0.233. The van der Waals surface area contributed by atoms with Gasteiger partial charge in [0.1, 0.15) is 0 Å². The molecule has 0 saturated heterocycles. The largest absolute Gasteiger partial charge is 0.462 e. The Morgan fingerprint density at radius 1 is 1.50 bits per heavy atom. The highest BCUT2D eigenvalue weighted by molar-refractivity contribution is 6.22. The van der Waals surface area contributed by atoms with E-state index >= 15 is 0 Å². The molecular formula is C11H19ClO2. The number of halogens is 1. The fourth-order valence-electron chi connectivity index (χ4n) is 0.846. The van der Waals surface area contributed by atoms with Crippen LogP contribution in [-0.2, 0) is 9.53 Å². The van der Waals surface area contributed by atoms with Crippen LogP contribution >= 0.6 is 11.6 Å². The van der Waals surface area contributed by atoms with Gasteiger partial charge in [-0.05, 0) is 12.3 Å². The standard InChI is InChI=1S/C11H19ClO2/c1-4-5-6-10(7-12)11(13)14-8-9(2)3/h6,9H,4-5,7-8H2,1-3H3. The van der Waals surface area contributed by atoms with Crippen LogP contribution < -0.4 is 0 Å². The molecule has 0 aromatic rings. The second-order valence-electron chi connectivity index (χ2n) is 3.64. The van der Waals surface area contributed by atoms with Gasteiger partial charge in [0.05, 0.1) is 12.5 Å². The van der Waals surface area contributed by atoms with Crippen LogP contribution in [0.1, 0.15) is 33.6 Å². The molecule has 0 radical (unpaired) electrons. The molecule has 0 aromatic carbocycles. The highest BCUT2D eigenvalue weighted by atomic mass is 35.5. The second-order valence-corrected chi connectivity index (χ2v) is 3.91. The average Bonchev–Trinajstić information content (AvgIpc) is 2.16. The number of ether oxygens (including phenoxy) is 1. The topological polar surface area (TPSA) is 26.3 Å². The van der Waals surface area contributed by atoms with E-state index in [-0.39, 0.29) is 11.8 Å². The summed E-state index contributed by atoms with van der Waals surface area (Å²) in [5.74, 6) is 0.320. The van der Waals surface area contributed by atoms with E-state index in [2.05, 4.69) is 6.92 Å². The Kier molecular flexibility index (Phi) is 7.58. The Morgan fingerprint density at radius 2 is 2.14 bits per heavy atom. The number of alkyl halides is 1. The summed E-state index contributed by atoms with van der Waals surface area (Å²) in [5.41, 5.74) is 0.578. The van der Waals surface area contributed by atoms with Gasteiger partial charge in [-0.25, -0.2) is 4.79 Å². The van der Waals surface area contributed by atoms with Crippen molar-refractivity contribution >= 4 is 17.6 Å². The van der Waals surface area contributed by atoms with Crippen LogP contribution in [0, 0.1) is 5.92 Å². The summed E-state index contributed by atoms with van der Waals surface area (Å²) in [7, 11) is 0. The quantitative estimate of drug-likeness (QED) is 0.389. The van der Waals surface area contributed by atoms with Crippen molar-refractivity contribution in [3.8, 4) is 0 Å². The molecule has 0 heterocycles. The number of carbonyl (C=O) groups is 1. The molecule has 0 aliphatic heterocycles. The number of unbranched alkanes of at least 4 members (excludes halogenated alkanes) is 1. The zero-order chi connectivity index (χ0) is 11.0. The molecule has 0 unspecified atom stereocenters. The summed E-state index contributed by atoms with van der Waals surface area (Å²) in [6, 6.07) is 0. The third-order valence-corrected chi connectivity index (χ3v) is 1.92. The van der Waals surface area contributed by atoms with Gasteiger partial charge in [0.15, 0.2) is 0 Å². The number of rotatable bonds is 6. The molecule has 14 heavy (non-hydrogen) atoms. The summed E-state index contributed by atoms with van der Waals surface area (Å²) in [6.07, 6.45) is 3.74. The third-order valence-electron chi connectivity index (χ3n) is 1.63. The molecule has 0 rings (SSSR count). The zero-order valence-electron chi connectivity index (χ0n) is 9.18. The van der Waals surface area contributed by atoms with Gasteiger partial charge >= 0.3 is 5.97 Å². The van der Waals surface area contributed by atoms with Crippen molar-refractivity contribution in [2.45, 2.75) is 33.6 Å². The lowest BCUT2D eigenvalue weighted by atomic mass is 10.2. The number of allylic oxidation sites excluding steroid dienone is 1. The Labute approximate surface area is 91.3 Å². The first-order valence-electron chi connectivity index (χ1n) is 5.03. The van der Waals surface area contributed by atoms with E-state index < -0.39 is 0 Å². The van der Waals surface area contributed by atoms with Crippen molar-refractivity contribution in [1.29, 1.82) is 0 Å². The Balaban J connectivity index is 4.04. The monoisotopic (exact) mass is 218 g/mol. The van der Waals surface area contributed by atoms with Crippen molar-refractivity contribution in [3.63, 3.8) is 0 Å². The van der Waals surface area contributed by atoms with Crippen LogP contribution in [0.2, 0.25) is 0 Å². The first-order valence-corrected chi connectivity index (χ1v) is 5.57. The third kappa shape index (κ3) is 6.03. The lowest BCUT2D eigenvalue weighted by Crippen LogP contribution is -2.13. The molecule has 82 valence electrons. The second kappa shape index (κ2) is 7.86. The first kappa shape index (κ1) is 13.5. The first-order chi connectivity index (χ1) is 6.61. The van der Waals surface area contributed by atoms with Gasteiger partial charge in [-0.2, -0.15) is 0 Å². The molecule has 0 N–H and O–H groups in total. The van der Waals surface area contributed by atoms with E-state index in [9.17, 15) is 4.79 Å². The summed E-state index contributed by atoms with van der Waals surface area (Å²) >= 11 is 5.64. The number of hydrogen-bond donors (Lipinski definition) is 0. The Bertz CT molecular complexity index is 197. The summed E-state index contributed by atoms with van der Waals surface area (Å²) in [6.45, 7) is 6.52. The van der Waals surface area contributed by atoms with Gasteiger partial charge in [-0.3, -0.25) is 0 Å². The lowest BCUT2D eigenvalue weighted by molar-refractivity contribution is -0.139. The molecule has 0 aliphatic carbocycles. The molecule has 0 aliphatic rings. The van der Waals surface area contributed by atoms with Gasteiger partial charge < -0.3 is 4.74 Å². The van der Waals surface area contributed by atoms with E-state index in [4.69, 9.17) is 16.3 Å². The van der Waals surface area contributed by atoms with E-state index in [0.717, 1.165) is 12.8 Å². The van der Waals surface area contributed by atoms with E-state index in [1.54, 1.807) is 0 Å². The van der Waals surface area contributed by atoms with Crippen molar-refractivity contribution in [2.75, 3.05) is 12.5 Å². The smallest absolute Gasteiger partial charge is 0.334 e. The van der Waals surface area contributed by atoms with Crippen molar-refractivity contribution < 1.29 is 9.53 Å². The van der Waals surface area contributed by atoms with Gasteiger partial charge in [0, 0.05) is 5.57 Å². The molecular weight excluding hydrogens is 200 g/mol. The van der Waals surface area contributed by atoms with Crippen LogP contribution in [0.15, 0.2) is 11.6 Å². The van der Waals surface area contributed by atoms with Crippen LogP contribution in [0.5, 0.6) is 0 Å². The highest BCUT2D eigenvalue weighted by Crippen LogP contribution is 2.05. The fourth-order valence-corrected chi connectivity index (χ4v) is 1.06. The highest BCUT2D eigenvalue weighted by Gasteiger charge is 2.09. The molecule has 0 bridgehead atoms. The van der Waals surface area contributed by atoms with Crippen LogP contribution in [0.25, 0.3) is 0 Å². The summed E-state index contributed by atoms with van der Waals surface area (Å²) < 4.78 is 5.06. The maximum Gasteiger partial charge on any atom is 0.334 e. The number of hydrogen-bond acceptors (Lipinski definition) is 2. The van der Waals surface area contributed by atoms with Gasteiger partial charge in [0.2, 0.25) is 0 Å². The lowest BCUT2D eigenvalue weighted by Gasteiger charge is -2.07. The van der Waals surface area contributed by atoms with Gasteiger partial charge in [-0.1, -0.05) is 33.3 Å². The Morgan fingerprint density at radius 3 is 2.57 bits per heavy atom. The number of carbonyl (C=O) groups excluding carboxylic acids is 1. The maximum absolute atomic E-state index is 11.4. The molecule has 0 atom stereocenters. The van der Waals surface area contributed by atoms with Crippen molar-refractivity contribution in [3.05, 3.63) is 11.6 Å². The van der Waals surface area contributed by atoms with Gasteiger partial charge in [0.25, 0.3) is 0 Å². The predicted octanol–water partition coefficient (Wildman–Crippen LogP) is 3.15. The summed E-state index contributed by atoms with van der Waals surface area (Å²) in [5, 5.41) is 0. The SMILES string of the molecule is CCCC=C(CCl)C(=O)OCC(C)C. The average molecular weight is 219 g/mol. The van der Waals surface area contributed by atoms with Crippen LogP contribution in [0.4, 0.5) is 0 Å². The maximum atomic E-state index is 11.4. The molecule has 2 nitrogen and oxygen atoms in total.